The van der Waals surface area contributed by atoms with E-state index in [1.165, 1.54) is 0 Å². The van der Waals surface area contributed by atoms with Gasteiger partial charge in [-0.2, -0.15) is 0 Å². The molecule has 0 rings (SSSR count). The molecule has 0 aliphatic carbocycles. The molecule has 0 fully saturated rings. The first-order valence-electron chi connectivity index (χ1n) is 3.54. The van der Waals surface area contributed by atoms with E-state index in [9.17, 15) is 0 Å². The fraction of sp³-hybridized carbons (Fsp3) is 0.750. The Bertz CT molecular complexity index is 115. The molecule has 10 heavy (non-hydrogen) atoms. The third-order valence-electron chi connectivity index (χ3n) is 1.26. The van der Waals surface area contributed by atoms with E-state index in [-0.39, 0.29) is 12.1 Å². The lowest BCUT2D eigenvalue weighted by molar-refractivity contribution is 0.183. The standard InChI is InChI=1S/C8H15NO/c1-4-7(2)9-6-5-8(3)10/h1,7-10H,5-6H2,2-3H3. The minimum Gasteiger partial charge on any atom is -0.393 e. The molecule has 2 atom stereocenters. The Morgan fingerprint density at radius 1 is 1.60 bits per heavy atom. The molecule has 0 amide bonds. The Kier molecular flexibility index (Phi) is 5.00. The van der Waals surface area contributed by atoms with Gasteiger partial charge < -0.3 is 10.4 Å². The van der Waals surface area contributed by atoms with Crippen molar-refractivity contribution in [2.75, 3.05) is 6.54 Å². The van der Waals surface area contributed by atoms with Gasteiger partial charge in [0.2, 0.25) is 0 Å². The summed E-state index contributed by atoms with van der Waals surface area (Å²) >= 11 is 0. The van der Waals surface area contributed by atoms with Crippen molar-refractivity contribution in [1.82, 2.24) is 5.32 Å². The van der Waals surface area contributed by atoms with Crippen LogP contribution in [0, 0.1) is 12.3 Å². The lowest BCUT2D eigenvalue weighted by Crippen LogP contribution is -2.27. The predicted octanol–water partition coefficient (Wildman–Crippen LogP) is 0.369. The summed E-state index contributed by atoms with van der Waals surface area (Å²) in [5.41, 5.74) is 0. The van der Waals surface area contributed by atoms with E-state index in [1.807, 2.05) is 6.92 Å². The number of rotatable bonds is 4. The SMILES string of the molecule is C#CC(C)NCCC(C)O. The van der Waals surface area contributed by atoms with Gasteiger partial charge in [0.1, 0.15) is 0 Å². The van der Waals surface area contributed by atoms with Crippen molar-refractivity contribution in [3.8, 4) is 12.3 Å². The van der Waals surface area contributed by atoms with Gasteiger partial charge in [0.15, 0.2) is 0 Å². The van der Waals surface area contributed by atoms with Crippen molar-refractivity contribution in [3.63, 3.8) is 0 Å². The van der Waals surface area contributed by atoms with Crippen LogP contribution in [0.15, 0.2) is 0 Å². The van der Waals surface area contributed by atoms with Crippen LogP contribution in [0.5, 0.6) is 0 Å². The molecule has 0 aromatic rings. The largest absolute Gasteiger partial charge is 0.393 e. The average molecular weight is 141 g/mol. The van der Waals surface area contributed by atoms with E-state index < -0.39 is 0 Å². The molecule has 2 unspecified atom stereocenters. The van der Waals surface area contributed by atoms with Gasteiger partial charge >= 0.3 is 0 Å². The van der Waals surface area contributed by atoms with Crippen LogP contribution in [-0.2, 0) is 0 Å². The van der Waals surface area contributed by atoms with E-state index in [1.54, 1.807) is 6.92 Å². The number of terminal acetylenes is 1. The van der Waals surface area contributed by atoms with E-state index in [0.717, 1.165) is 13.0 Å². The lowest BCUT2D eigenvalue weighted by atomic mass is 10.2. The zero-order valence-electron chi connectivity index (χ0n) is 6.59. The summed E-state index contributed by atoms with van der Waals surface area (Å²) in [6.07, 6.45) is 5.63. The molecule has 0 spiro atoms. The highest BCUT2D eigenvalue weighted by molar-refractivity contribution is 4.95. The quantitative estimate of drug-likeness (QED) is 0.554. The second-order valence-electron chi connectivity index (χ2n) is 2.48. The van der Waals surface area contributed by atoms with Crippen molar-refractivity contribution in [2.24, 2.45) is 0 Å². The molecule has 2 nitrogen and oxygen atoms in total. The van der Waals surface area contributed by atoms with Crippen LogP contribution in [0.2, 0.25) is 0 Å². The first-order valence-corrected chi connectivity index (χ1v) is 3.54. The number of aliphatic hydroxyl groups excluding tert-OH is 1. The second kappa shape index (κ2) is 5.28. The molecule has 0 bridgehead atoms. The fourth-order valence-electron chi connectivity index (χ4n) is 0.568. The monoisotopic (exact) mass is 141 g/mol. The molecule has 0 radical (unpaired) electrons. The number of nitrogens with one attached hydrogen (secondary N) is 1. The van der Waals surface area contributed by atoms with Gasteiger partial charge in [-0.1, -0.05) is 5.92 Å². The molecule has 2 N–H and O–H groups in total. The fourth-order valence-corrected chi connectivity index (χ4v) is 0.568. The zero-order chi connectivity index (χ0) is 7.98. The van der Waals surface area contributed by atoms with Gasteiger partial charge in [-0.3, -0.25) is 0 Å². The smallest absolute Gasteiger partial charge is 0.0658 e. The third kappa shape index (κ3) is 5.61. The Morgan fingerprint density at radius 3 is 2.60 bits per heavy atom. The highest BCUT2D eigenvalue weighted by atomic mass is 16.3. The molecule has 0 aromatic heterocycles. The minimum absolute atomic E-state index is 0.110. The summed E-state index contributed by atoms with van der Waals surface area (Å²) < 4.78 is 0. The van der Waals surface area contributed by atoms with Crippen molar-refractivity contribution >= 4 is 0 Å². The van der Waals surface area contributed by atoms with E-state index in [2.05, 4.69) is 11.2 Å². The van der Waals surface area contributed by atoms with Gasteiger partial charge in [0, 0.05) is 0 Å². The Morgan fingerprint density at radius 2 is 2.20 bits per heavy atom. The van der Waals surface area contributed by atoms with Crippen LogP contribution < -0.4 is 5.32 Å². The Balaban J connectivity index is 3.13. The summed E-state index contributed by atoms with van der Waals surface area (Å²) in [6, 6.07) is 0.110. The molecule has 0 saturated carbocycles. The van der Waals surface area contributed by atoms with Crippen molar-refractivity contribution in [2.45, 2.75) is 32.4 Å². The van der Waals surface area contributed by atoms with Gasteiger partial charge in [-0.05, 0) is 26.8 Å². The highest BCUT2D eigenvalue weighted by Crippen LogP contribution is 1.86. The van der Waals surface area contributed by atoms with Gasteiger partial charge in [0.25, 0.3) is 0 Å². The lowest BCUT2D eigenvalue weighted by Gasteiger charge is -2.07. The topological polar surface area (TPSA) is 32.3 Å². The summed E-state index contributed by atoms with van der Waals surface area (Å²) in [5.74, 6) is 2.55. The molecule has 0 heterocycles. The average Bonchev–Trinajstić information content (AvgIpc) is 1.87. The van der Waals surface area contributed by atoms with Crippen molar-refractivity contribution < 1.29 is 5.11 Å². The van der Waals surface area contributed by atoms with Crippen LogP contribution in [0.25, 0.3) is 0 Å². The molecular weight excluding hydrogens is 126 g/mol. The van der Waals surface area contributed by atoms with Crippen LogP contribution >= 0.6 is 0 Å². The summed E-state index contributed by atoms with van der Waals surface area (Å²) in [6.45, 7) is 4.47. The molecule has 0 aliphatic rings. The van der Waals surface area contributed by atoms with Crippen LogP contribution in [0.1, 0.15) is 20.3 Å². The number of hydrogen-bond donors (Lipinski definition) is 2. The Labute approximate surface area is 62.6 Å². The minimum atomic E-state index is -0.238. The summed E-state index contributed by atoms with van der Waals surface area (Å²) in [7, 11) is 0. The van der Waals surface area contributed by atoms with Gasteiger partial charge in [-0.25, -0.2) is 0 Å². The first kappa shape index (κ1) is 9.48. The molecule has 58 valence electrons. The van der Waals surface area contributed by atoms with Crippen LogP contribution in [0.4, 0.5) is 0 Å². The first-order chi connectivity index (χ1) is 4.66. The summed E-state index contributed by atoms with van der Waals surface area (Å²) in [4.78, 5) is 0. The molecule has 0 aliphatic heterocycles. The molecule has 0 aromatic carbocycles. The van der Waals surface area contributed by atoms with E-state index in [0.29, 0.717) is 0 Å². The maximum absolute atomic E-state index is 8.85. The van der Waals surface area contributed by atoms with Crippen LogP contribution in [-0.4, -0.2) is 23.8 Å². The van der Waals surface area contributed by atoms with Crippen LogP contribution in [0.3, 0.4) is 0 Å². The Hall–Kier alpha value is -0.520. The van der Waals surface area contributed by atoms with Crippen molar-refractivity contribution in [1.29, 1.82) is 0 Å². The molecule has 2 heteroatoms. The second-order valence-corrected chi connectivity index (χ2v) is 2.48. The summed E-state index contributed by atoms with van der Waals surface area (Å²) in [5, 5.41) is 11.9. The normalized spacial score (nSPS) is 15.8. The third-order valence-corrected chi connectivity index (χ3v) is 1.26. The molecule has 0 saturated heterocycles. The van der Waals surface area contributed by atoms with Gasteiger partial charge in [0.05, 0.1) is 12.1 Å². The highest BCUT2D eigenvalue weighted by Gasteiger charge is 1.96. The maximum atomic E-state index is 8.85. The van der Waals surface area contributed by atoms with E-state index in [4.69, 9.17) is 11.5 Å². The van der Waals surface area contributed by atoms with Crippen molar-refractivity contribution in [3.05, 3.63) is 0 Å². The number of aliphatic hydroxyl groups is 1. The maximum Gasteiger partial charge on any atom is 0.0658 e. The molecular formula is C8H15NO. The number of hydrogen-bond acceptors (Lipinski definition) is 2. The zero-order valence-corrected chi connectivity index (χ0v) is 6.59. The van der Waals surface area contributed by atoms with E-state index >= 15 is 0 Å². The van der Waals surface area contributed by atoms with Gasteiger partial charge in [-0.15, -0.1) is 6.42 Å². The predicted molar refractivity (Wildman–Crippen MR) is 42.6 cm³/mol.